The van der Waals surface area contributed by atoms with Gasteiger partial charge in [0.15, 0.2) is 0 Å². The highest BCUT2D eigenvalue weighted by atomic mass is 16.3. The van der Waals surface area contributed by atoms with Crippen LogP contribution in [0.1, 0.15) is 290 Å². The summed E-state index contributed by atoms with van der Waals surface area (Å²) in [6, 6.07) is -0.645. The third kappa shape index (κ3) is 63.0. The average molecular weight is 1060 g/mol. The molecule has 0 spiro atoms. The van der Waals surface area contributed by atoms with E-state index >= 15 is 0 Å². The molecule has 2 unspecified atom stereocenters. The zero-order chi connectivity index (χ0) is 55.5. The highest BCUT2D eigenvalue weighted by Crippen LogP contribution is 2.17. The Morgan fingerprint density at radius 3 is 0.857 bits per heavy atom. The van der Waals surface area contributed by atoms with Crippen LogP contribution in [-0.2, 0) is 4.79 Å². The number of allylic oxidation sites excluding steroid dienone is 23. The van der Waals surface area contributed by atoms with Gasteiger partial charge in [0.2, 0.25) is 5.91 Å². The van der Waals surface area contributed by atoms with E-state index in [0.717, 1.165) is 109 Å². The monoisotopic (exact) mass is 1060 g/mol. The smallest absolute Gasteiger partial charge is 0.220 e. The van der Waals surface area contributed by atoms with Crippen molar-refractivity contribution < 1.29 is 15.0 Å². The third-order valence-electron chi connectivity index (χ3n) is 14.1. The molecule has 0 aliphatic carbocycles. The molecule has 0 radical (unpaired) electrons. The van der Waals surface area contributed by atoms with Crippen LogP contribution in [0, 0.1) is 0 Å². The van der Waals surface area contributed by atoms with Crippen LogP contribution in [0.4, 0.5) is 0 Å². The highest BCUT2D eigenvalue weighted by Gasteiger charge is 2.18. The fourth-order valence-electron chi connectivity index (χ4n) is 9.19. The molecule has 4 nitrogen and oxygen atoms in total. The number of amides is 1. The first kappa shape index (κ1) is 73.3. The first-order valence-corrected chi connectivity index (χ1v) is 32.5. The summed E-state index contributed by atoms with van der Waals surface area (Å²) in [6.45, 7) is 4.20. The van der Waals surface area contributed by atoms with Gasteiger partial charge in [-0.1, -0.05) is 327 Å². The number of hydrogen-bond donors (Lipinski definition) is 3. The van der Waals surface area contributed by atoms with Crippen molar-refractivity contribution in [1.82, 2.24) is 5.32 Å². The Labute approximate surface area is 478 Å². The van der Waals surface area contributed by atoms with E-state index in [4.69, 9.17) is 0 Å². The third-order valence-corrected chi connectivity index (χ3v) is 14.1. The second-order valence-electron chi connectivity index (χ2n) is 21.5. The molecule has 0 saturated carbocycles. The molecule has 0 saturated heterocycles. The summed E-state index contributed by atoms with van der Waals surface area (Å²) < 4.78 is 0. The van der Waals surface area contributed by atoms with E-state index in [0.29, 0.717) is 6.42 Å². The van der Waals surface area contributed by atoms with Crippen molar-refractivity contribution in [3.05, 3.63) is 146 Å². The van der Waals surface area contributed by atoms with Gasteiger partial charge in [-0.2, -0.15) is 0 Å². The summed E-state index contributed by atoms with van der Waals surface area (Å²) >= 11 is 0. The van der Waals surface area contributed by atoms with Gasteiger partial charge in [0.05, 0.1) is 18.8 Å². The Balaban J connectivity index is 3.64. The number of carbonyl (C=O) groups is 1. The van der Waals surface area contributed by atoms with Gasteiger partial charge in [-0.25, -0.2) is 0 Å². The minimum Gasteiger partial charge on any atom is -0.394 e. The lowest BCUT2D eigenvalue weighted by molar-refractivity contribution is -0.123. The molecule has 0 aromatic heterocycles. The molecule has 0 heterocycles. The maximum Gasteiger partial charge on any atom is 0.220 e. The van der Waals surface area contributed by atoms with Crippen molar-refractivity contribution in [3.8, 4) is 0 Å². The Bertz CT molecular complexity index is 1580. The number of carbonyl (C=O) groups excluding carboxylic acids is 1. The van der Waals surface area contributed by atoms with E-state index in [-0.39, 0.29) is 12.5 Å². The van der Waals surface area contributed by atoms with Gasteiger partial charge < -0.3 is 15.5 Å². The minimum atomic E-state index is -0.860. The van der Waals surface area contributed by atoms with Crippen LogP contribution in [0.25, 0.3) is 0 Å². The second kappa shape index (κ2) is 66.5. The predicted octanol–water partition coefficient (Wildman–Crippen LogP) is 22.3. The Kier molecular flexibility index (Phi) is 63.3. The number of nitrogens with one attached hydrogen (secondary N) is 1. The predicted molar refractivity (Wildman–Crippen MR) is 345 cm³/mol. The first-order chi connectivity index (χ1) is 38.2. The normalized spacial score (nSPS) is 13.8. The van der Waals surface area contributed by atoms with Crippen LogP contribution < -0.4 is 5.32 Å². The van der Waals surface area contributed by atoms with Crippen molar-refractivity contribution in [3.63, 3.8) is 0 Å². The molecule has 0 bridgehead atoms. The zero-order valence-corrected chi connectivity index (χ0v) is 50.4. The van der Waals surface area contributed by atoms with Crippen molar-refractivity contribution in [2.45, 2.75) is 302 Å². The Hall–Kier alpha value is -3.73. The summed E-state index contributed by atoms with van der Waals surface area (Å²) in [7, 11) is 0. The standard InChI is InChI=1S/C73H123NO3/c1-3-5-7-9-11-13-15-17-19-21-23-25-27-29-31-32-33-34-35-36-37-38-39-40-41-42-43-45-47-49-51-53-55-57-59-61-63-65-67-69-73(77)74-71(70-75)72(76)68-66-64-62-60-58-56-54-52-50-48-46-44-30-28-26-24-22-20-18-16-14-12-10-8-6-4-2/h5,7,11,13,17,19,23,25,29,31,33-34,36-37,39-40,42-43,47,49,53,55,66,68,71-72,75-76H,3-4,6,8-10,12,14-16,18,20-22,24,26-28,30,32,35,38,41,44-46,48,50-52,54,56-65,67,69-70H2,1-2H3,(H,74,77)/b7-5-,13-11-,19-17-,25-23-,31-29-,34-33-,37-36-,40-39-,43-42-,49-47-,55-53-,68-66+. The van der Waals surface area contributed by atoms with Crippen molar-refractivity contribution in [1.29, 1.82) is 0 Å². The van der Waals surface area contributed by atoms with Crippen molar-refractivity contribution >= 4 is 5.91 Å². The molecule has 0 aliphatic heterocycles. The highest BCUT2D eigenvalue weighted by molar-refractivity contribution is 5.76. The van der Waals surface area contributed by atoms with Crippen LogP contribution in [0.15, 0.2) is 146 Å². The molecular weight excluding hydrogens is 939 g/mol. The van der Waals surface area contributed by atoms with Gasteiger partial charge in [0.1, 0.15) is 0 Å². The molecule has 0 aromatic rings. The molecule has 4 heteroatoms. The molecule has 1 amide bonds. The van der Waals surface area contributed by atoms with Crippen molar-refractivity contribution in [2.24, 2.45) is 0 Å². The largest absolute Gasteiger partial charge is 0.394 e. The van der Waals surface area contributed by atoms with Crippen LogP contribution >= 0.6 is 0 Å². The summed E-state index contributed by atoms with van der Waals surface area (Å²) in [6.07, 6.45) is 105. The Morgan fingerprint density at radius 1 is 0.325 bits per heavy atom. The van der Waals surface area contributed by atoms with Crippen LogP contribution in [0.5, 0.6) is 0 Å². The average Bonchev–Trinajstić information content (AvgIpc) is 3.43. The van der Waals surface area contributed by atoms with Crippen molar-refractivity contribution in [2.75, 3.05) is 6.61 Å². The summed E-state index contributed by atoms with van der Waals surface area (Å²) in [5.41, 5.74) is 0. The van der Waals surface area contributed by atoms with E-state index in [2.05, 4.69) is 153 Å². The van der Waals surface area contributed by atoms with Gasteiger partial charge in [0.25, 0.3) is 0 Å². The SMILES string of the molecule is CC/C=C\C/C=C\C/C=C\C/C=C\C/C=C\C/C=C\C/C=C\C/C=C\C/C=C\C/C=C\C/C=C\CCCCCCCC(=O)NC(CO)C(O)/C=C/CCCCCCCCCCCCCCCCCCCCCCCCCC. The topological polar surface area (TPSA) is 69.6 Å². The summed E-state index contributed by atoms with van der Waals surface area (Å²) in [5.74, 6) is -0.0859. The Morgan fingerprint density at radius 2 is 0.571 bits per heavy atom. The van der Waals surface area contributed by atoms with E-state index in [1.807, 2.05) is 6.08 Å². The molecule has 0 aromatic carbocycles. The lowest BCUT2D eigenvalue weighted by atomic mass is 10.0. The molecule has 2 atom stereocenters. The lowest BCUT2D eigenvalue weighted by Crippen LogP contribution is -2.45. The molecule has 77 heavy (non-hydrogen) atoms. The lowest BCUT2D eigenvalue weighted by Gasteiger charge is -2.20. The minimum absolute atomic E-state index is 0.0859. The van der Waals surface area contributed by atoms with Gasteiger partial charge in [-0.05, 0) is 103 Å². The number of rotatable bonds is 58. The van der Waals surface area contributed by atoms with Gasteiger partial charge >= 0.3 is 0 Å². The van der Waals surface area contributed by atoms with Crippen LogP contribution in [-0.4, -0.2) is 34.9 Å². The van der Waals surface area contributed by atoms with E-state index < -0.39 is 12.1 Å². The van der Waals surface area contributed by atoms with E-state index in [1.54, 1.807) is 6.08 Å². The molecule has 0 aliphatic rings. The molecule has 438 valence electrons. The number of aliphatic hydroxyl groups is 2. The van der Waals surface area contributed by atoms with E-state index in [1.165, 1.54) is 161 Å². The van der Waals surface area contributed by atoms with E-state index in [9.17, 15) is 15.0 Å². The molecule has 0 fully saturated rings. The molecule has 0 rings (SSSR count). The maximum atomic E-state index is 12.5. The fraction of sp³-hybridized carbons (Fsp3) is 0.658. The zero-order valence-electron chi connectivity index (χ0n) is 50.4. The number of hydrogen-bond acceptors (Lipinski definition) is 3. The fourth-order valence-corrected chi connectivity index (χ4v) is 9.19. The van der Waals surface area contributed by atoms with Gasteiger partial charge in [0, 0.05) is 6.42 Å². The van der Waals surface area contributed by atoms with Gasteiger partial charge in [-0.3, -0.25) is 4.79 Å². The molecular formula is C73H123NO3. The molecule has 3 N–H and O–H groups in total. The maximum absolute atomic E-state index is 12.5. The summed E-state index contributed by atoms with van der Waals surface area (Å²) in [4.78, 5) is 12.5. The van der Waals surface area contributed by atoms with Gasteiger partial charge in [-0.15, -0.1) is 0 Å². The summed E-state index contributed by atoms with van der Waals surface area (Å²) in [5, 5.41) is 23.2. The number of unbranched alkanes of at least 4 members (excludes halogenated alkanes) is 29. The number of aliphatic hydroxyl groups excluding tert-OH is 2. The quantitative estimate of drug-likeness (QED) is 0.0420. The second-order valence-corrected chi connectivity index (χ2v) is 21.5. The van der Waals surface area contributed by atoms with Crippen LogP contribution in [0.2, 0.25) is 0 Å². The first-order valence-electron chi connectivity index (χ1n) is 32.5. The van der Waals surface area contributed by atoms with Crippen LogP contribution in [0.3, 0.4) is 0 Å².